The number of halogens is 4. The van der Waals surface area contributed by atoms with Crippen molar-refractivity contribution in [1.29, 1.82) is 0 Å². The summed E-state index contributed by atoms with van der Waals surface area (Å²) in [7, 11) is -11.0. The Bertz CT molecular complexity index is 4110. The molecule has 0 spiro atoms. The van der Waals surface area contributed by atoms with Gasteiger partial charge in [-0.3, -0.25) is 44.0 Å². The number of piperazine rings is 3. The molecule has 1 unspecified atom stereocenters. The van der Waals surface area contributed by atoms with E-state index in [2.05, 4.69) is 65.2 Å². The molecule has 5 aromatic carbocycles. The second-order valence-electron chi connectivity index (χ2n) is 28.5. The van der Waals surface area contributed by atoms with Gasteiger partial charge in [-0.1, -0.05) is 60.9 Å². The molecule has 5 saturated heterocycles. The van der Waals surface area contributed by atoms with E-state index >= 15 is 0 Å². The Hall–Kier alpha value is -7.08. The number of carbonyl (C=O) groups is 5. The molecule has 5 fully saturated rings. The number of allylic oxidation sites excluding steroid dienone is 1. The van der Waals surface area contributed by atoms with Gasteiger partial charge in [0, 0.05) is 181 Å². The zero-order valence-electron chi connectivity index (χ0n) is 58.4. The molecular formula is C75H93ClF3N11O10S3. The normalized spacial score (nSPS) is 21.3. The minimum Gasteiger partial charge on any atom is -0.380 e. The van der Waals surface area contributed by atoms with Crippen molar-refractivity contribution < 1.29 is 58.7 Å². The lowest BCUT2D eigenvalue weighted by Gasteiger charge is -2.44. The third-order valence-corrected chi connectivity index (χ3v) is 25.5. The summed E-state index contributed by atoms with van der Waals surface area (Å²) in [6.07, 6.45) is 8.10. The number of ether oxygens (including phenoxy) is 1. The summed E-state index contributed by atoms with van der Waals surface area (Å²) in [5.74, 6) is -1.34. The highest BCUT2D eigenvalue weighted by Gasteiger charge is 2.49. The van der Waals surface area contributed by atoms with Crippen LogP contribution in [0.25, 0.3) is 5.57 Å². The van der Waals surface area contributed by atoms with E-state index in [0.29, 0.717) is 101 Å². The van der Waals surface area contributed by atoms with Gasteiger partial charge in [-0.25, -0.2) is 21.6 Å². The fourth-order valence-electron chi connectivity index (χ4n) is 15.4. The number of hydrogen-bond donors (Lipinski definition) is 3. The molecule has 0 bridgehead atoms. The van der Waals surface area contributed by atoms with Crippen LogP contribution in [0.15, 0.2) is 136 Å². The van der Waals surface area contributed by atoms with E-state index in [-0.39, 0.29) is 35.1 Å². The van der Waals surface area contributed by atoms with Crippen LogP contribution in [0.2, 0.25) is 5.02 Å². The predicted octanol–water partition coefficient (Wildman–Crippen LogP) is 9.49. The molecular weight excluding hydrogens is 1400 g/mol. The van der Waals surface area contributed by atoms with Crippen molar-refractivity contribution in [3.63, 3.8) is 0 Å². The summed E-state index contributed by atoms with van der Waals surface area (Å²) >= 11 is 7.84. The Balaban J connectivity index is 0.590. The van der Waals surface area contributed by atoms with Crippen molar-refractivity contribution in [3.8, 4) is 0 Å². The molecule has 6 aliphatic heterocycles. The van der Waals surface area contributed by atoms with Gasteiger partial charge in [0.2, 0.25) is 17.7 Å². The molecule has 1 aliphatic carbocycles. The average molecular weight is 1500 g/mol. The number of fused-ring (bicyclic) bond motifs is 1. The zero-order valence-corrected chi connectivity index (χ0v) is 61.6. The number of unbranched alkanes of at least 4 members (excludes halogenated alkanes) is 2. The number of amides is 5. The maximum Gasteiger partial charge on any atom is 0.501 e. The number of sulfone groups is 1. The van der Waals surface area contributed by atoms with E-state index in [9.17, 15) is 54.0 Å². The Morgan fingerprint density at radius 2 is 1.42 bits per heavy atom. The molecule has 103 heavy (non-hydrogen) atoms. The lowest BCUT2D eigenvalue weighted by molar-refractivity contribution is -0.137. The molecule has 12 rings (SSSR count). The lowest BCUT2D eigenvalue weighted by atomic mass is 9.71. The topological polar surface area (TPSA) is 225 Å². The van der Waals surface area contributed by atoms with Crippen LogP contribution < -0.4 is 25.2 Å². The first-order chi connectivity index (χ1) is 49.4. The molecule has 3 N–H and O–H groups in total. The molecule has 21 nitrogen and oxygen atoms in total. The van der Waals surface area contributed by atoms with Gasteiger partial charge >= 0.3 is 5.51 Å². The number of sulfonamides is 1. The molecule has 5 aromatic rings. The van der Waals surface area contributed by atoms with Crippen molar-refractivity contribution in [2.75, 3.05) is 152 Å². The van der Waals surface area contributed by atoms with Crippen LogP contribution in [0.3, 0.4) is 0 Å². The SMILES string of the molecule is C[C@@]1(CN2CCN(C(=O)CCCCCN3CCN(c4ccc5c(c4)CN(C4CCC(=O)NC4=O)C5=O)CC3)CC2)CCC(c2ccc(Cl)cc2)=C(CN2CCN(c3ccc(C(=O)NS(=O)(=O)c4ccc(N[C@H](CCN5CCCOCC5)CSc5ccccc5)c(S(=O)(=O)C(F)(F)F)c4)cc3)CC2)C1. The van der Waals surface area contributed by atoms with Crippen LogP contribution in [0.5, 0.6) is 0 Å². The summed E-state index contributed by atoms with van der Waals surface area (Å²) in [6, 6.07) is 31.1. The first-order valence-corrected chi connectivity index (χ1v) is 40.3. The van der Waals surface area contributed by atoms with Gasteiger partial charge < -0.3 is 34.6 Å². The highest BCUT2D eigenvalue weighted by molar-refractivity contribution is 7.99. The highest BCUT2D eigenvalue weighted by atomic mass is 35.5. The third kappa shape index (κ3) is 19.1. The second kappa shape index (κ2) is 33.6. The quantitative estimate of drug-likeness (QED) is 0.0266. The molecule has 0 saturated carbocycles. The van der Waals surface area contributed by atoms with Crippen molar-refractivity contribution >= 4 is 95.4 Å². The number of piperidine rings is 1. The van der Waals surface area contributed by atoms with Gasteiger partial charge in [-0.15, -0.1) is 11.8 Å². The van der Waals surface area contributed by atoms with Crippen LogP contribution in [0, 0.1) is 5.41 Å². The van der Waals surface area contributed by atoms with Crippen LogP contribution in [-0.2, 0) is 45.5 Å². The summed E-state index contributed by atoms with van der Waals surface area (Å²) in [5, 5.41) is 6.08. The van der Waals surface area contributed by atoms with E-state index in [1.165, 1.54) is 40.6 Å². The number of carbonyl (C=O) groups excluding carboxylic acids is 5. The van der Waals surface area contributed by atoms with Gasteiger partial charge in [-0.05, 0) is 165 Å². The number of nitrogens with one attached hydrogen (secondary N) is 3. The fraction of sp³-hybridized carbons (Fsp3) is 0.507. The standard InChI is InChI=1S/C75H93ClF3N11O10S3/c1-74(53-86-36-42-89(43-37-86)70(92)11-6-3-7-29-84-32-38-88(39-33-84)61-20-22-65-56(47-61)51-90(73(65)95)67-24-25-69(91)81-72(67)94)28-26-64(54-12-16-58(76)17-13-54)57(49-74)50-85-34-40-87(41-35-85)60-18-14-55(15-19-60)71(93)82-103(98,99)63-21-23-66(68(48-63)102(96,97)75(77,78)79)80-59(52-101-62-9-4-2-5-10-62)27-31-83-30-8-45-100-46-44-83/h2,4-5,9-10,12-23,47-48,59,67,80H,3,6-8,11,24-46,49-53H2,1H3,(H,82,93)(H,81,91,94)/t59-,67?,74-/m1/s1. The number of hydrogen-bond acceptors (Lipinski definition) is 18. The predicted molar refractivity (Wildman–Crippen MR) is 393 cm³/mol. The van der Waals surface area contributed by atoms with Crippen molar-refractivity contribution in [3.05, 3.63) is 148 Å². The first-order valence-electron chi connectivity index (χ1n) is 36.0. The molecule has 28 heteroatoms. The number of benzene rings is 5. The van der Waals surface area contributed by atoms with Crippen LogP contribution in [0.1, 0.15) is 109 Å². The van der Waals surface area contributed by atoms with Crippen molar-refractivity contribution in [1.82, 2.24) is 39.4 Å². The Morgan fingerprint density at radius 1 is 0.728 bits per heavy atom. The van der Waals surface area contributed by atoms with Crippen molar-refractivity contribution in [2.24, 2.45) is 5.41 Å². The van der Waals surface area contributed by atoms with Crippen molar-refractivity contribution in [2.45, 2.75) is 116 Å². The smallest absolute Gasteiger partial charge is 0.380 e. The van der Waals surface area contributed by atoms with Gasteiger partial charge in [0.25, 0.3) is 31.7 Å². The van der Waals surface area contributed by atoms with Gasteiger partial charge in [0.1, 0.15) is 10.9 Å². The zero-order chi connectivity index (χ0) is 72.5. The third-order valence-electron chi connectivity index (χ3n) is 21.2. The van der Waals surface area contributed by atoms with Crippen LogP contribution >= 0.6 is 23.4 Å². The Morgan fingerprint density at radius 3 is 2.14 bits per heavy atom. The number of rotatable bonds is 26. The van der Waals surface area contributed by atoms with Gasteiger partial charge in [0.15, 0.2) is 0 Å². The first kappa shape index (κ1) is 75.6. The summed E-state index contributed by atoms with van der Waals surface area (Å²) in [6.45, 7) is 18.1. The molecule has 0 radical (unpaired) electrons. The molecule has 0 aromatic heterocycles. The Labute approximate surface area is 611 Å². The number of thioether (sulfide) groups is 1. The lowest BCUT2D eigenvalue weighted by Crippen LogP contribution is -2.52. The number of alkyl halides is 3. The second-order valence-corrected chi connectivity index (χ2v) is 33.6. The fourth-order valence-corrected chi connectivity index (χ4v) is 18.5. The largest absolute Gasteiger partial charge is 0.501 e. The molecule has 3 atom stereocenters. The van der Waals surface area contributed by atoms with E-state index in [1.807, 2.05) is 64.2 Å². The monoisotopic (exact) mass is 1500 g/mol. The van der Waals surface area contributed by atoms with Gasteiger partial charge in [-0.2, -0.15) is 13.2 Å². The van der Waals surface area contributed by atoms with E-state index in [4.69, 9.17) is 16.3 Å². The molecule has 7 aliphatic rings. The number of anilines is 3. The minimum absolute atomic E-state index is 0.0138. The highest BCUT2D eigenvalue weighted by Crippen LogP contribution is 2.45. The maximum absolute atomic E-state index is 14.4. The molecule has 5 amide bonds. The van der Waals surface area contributed by atoms with E-state index in [1.54, 1.807) is 17.0 Å². The summed E-state index contributed by atoms with van der Waals surface area (Å²) in [5.41, 5.74) is 1.15. The molecule has 6 heterocycles. The van der Waals surface area contributed by atoms with Gasteiger partial charge in [0.05, 0.1) is 17.2 Å². The van der Waals surface area contributed by atoms with E-state index in [0.717, 1.165) is 157 Å². The molecule has 554 valence electrons. The summed E-state index contributed by atoms with van der Waals surface area (Å²) < 4.78 is 105. The number of imide groups is 1. The minimum atomic E-state index is -6.10. The van der Waals surface area contributed by atoms with Crippen LogP contribution in [0.4, 0.5) is 30.2 Å². The number of nitrogens with zero attached hydrogens (tertiary/aromatic N) is 8. The Kier molecular flexibility index (Phi) is 24.6. The van der Waals surface area contributed by atoms with Crippen LogP contribution in [-0.4, -0.2) is 230 Å². The summed E-state index contributed by atoms with van der Waals surface area (Å²) in [4.78, 5) is 81.3. The maximum atomic E-state index is 14.4. The average Bonchev–Trinajstić information content (AvgIpc) is 1.31. The van der Waals surface area contributed by atoms with E-state index < -0.39 is 64.7 Å².